The van der Waals surface area contributed by atoms with Crippen LogP contribution in [0, 0.1) is 52.3 Å². The van der Waals surface area contributed by atoms with Gasteiger partial charge in [-0.3, -0.25) is 14.4 Å². The van der Waals surface area contributed by atoms with Crippen molar-refractivity contribution in [1.82, 2.24) is 0 Å². The van der Waals surface area contributed by atoms with Gasteiger partial charge in [0, 0.05) is 17.3 Å². The van der Waals surface area contributed by atoms with Gasteiger partial charge >= 0.3 is 11.9 Å². The number of hydrogen-bond acceptors (Lipinski definition) is 5. The highest BCUT2D eigenvalue weighted by molar-refractivity contribution is 6.01. The van der Waals surface area contributed by atoms with Gasteiger partial charge in [0.1, 0.15) is 12.2 Å². The van der Waals surface area contributed by atoms with Gasteiger partial charge in [0.15, 0.2) is 5.78 Å². The summed E-state index contributed by atoms with van der Waals surface area (Å²) < 4.78 is 12.0. The van der Waals surface area contributed by atoms with Crippen molar-refractivity contribution < 1.29 is 23.9 Å². The second-order valence-corrected chi connectivity index (χ2v) is 12.1. The lowest BCUT2D eigenvalue weighted by Gasteiger charge is -2.59. The first-order valence-electron chi connectivity index (χ1n) is 13.0. The normalized spacial score (nSPS) is 52.8. The fraction of sp³-hybridized carbons (Fsp3) is 0.750. The van der Waals surface area contributed by atoms with Crippen LogP contribution in [0.25, 0.3) is 0 Å². The average molecular weight is 453 g/mol. The van der Waals surface area contributed by atoms with E-state index in [-0.39, 0.29) is 58.5 Å². The second-order valence-electron chi connectivity index (χ2n) is 12.1. The van der Waals surface area contributed by atoms with Crippen molar-refractivity contribution >= 4 is 17.7 Å². The third kappa shape index (κ3) is 2.68. The molecule has 0 aromatic rings. The molecular weight excluding hydrogens is 416 g/mol. The van der Waals surface area contributed by atoms with Gasteiger partial charge in [-0.1, -0.05) is 39.3 Å². The van der Waals surface area contributed by atoms with E-state index in [1.54, 1.807) is 6.08 Å². The lowest BCUT2D eigenvalue weighted by atomic mass is 9.46. The van der Waals surface area contributed by atoms with E-state index in [4.69, 9.17) is 9.47 Å². The molecule has 6 rings (SSSR count). The Hall–Kier alpha value is -1.91. The van der Waals surface area contributed by atoms with Crippen LogP contribution in [-0.4, -0.2) is 29.9 Å². The Morgan fingerprint density at radius 1 is 0.879 bits per heavy atom. The van der Waals surface area contributed by atoms with Crippen molar-refractivity contribution in [2.45, 2.75) is 78.4 Å². The SMILES string of the molecule is C[C@@H]1[C@@H](C2OC(=O)[C@H](C)[C@H]2C)OC(=O)[C@]23CC[C@H]4[C@@H](CCC5=CC(=O)C=C[C@@]54C)[C@@H]2CC[C@H]13. The number of ketones is 1. The lowest BCUT2D eigenvalue weighted by Crippen LogP contribution is -2.60. The smallest absolute Gasteiger partial charge is 0.313 e. The maximum atomic E-state index is 13.9. The van der Waals surface area contributed by atoms with E-state index in [0.29, 0.717) is 23.7 Å². The van der Waals surface area contributed by atoms with Gasteiger partial charge in [0.2, 0.25) is 0 Å². The molecule has 0 aromatic carbocycles. The molecule has 178 valence electrons. The Morgan fingerprint density at radius 2 is 1.61 bits per heavy atom. The zero-order valence-electron chi connectivity index (χ0n) is 20.2. The summed E-state index contributed by atoms with van der Waals surface area (Å²) in [6.07, 6.45) is 11.1. The fourth-order valence-corrected chi connectivity index (χ4v) is 9.20. The summed E-state index contributed by atoms with van der Waals surface area (Å²) in [5.41, 5.74) is 0.834. The molecule has 4 aliphatic carbocycles. The maximum Gasteiger partial charge on any atom is 0.313 e. The van der Waals surface area contributed by atoms with Crippen LogP contribution in [0.5, 0.6) is 0 Å². The van der Waals surface area contributed by atoms with E-state index in [0.717, 1.165) is 38.5 Å². The zero-order valence-corrected chi connectivity index (χ0v) is 20.2. The number of allylic oxidation sites excluding steroid dienone is 4. The molecule has 1 unspecified atom stereocenters. The van der Waals surface area contributed by atoms with E-state index in [1.165, 1.54) is 5.57 Å². The van der Waals surface area contributed by atoms with E-state index in [9.17, 15) is 14.4 Å². The predicted octanol–water partition coefficient (Wildman–Crippen LogP) is 4.65. The van der Waals surface area contributed by atoms with E-state index < -0.39 is 0 Å². The van der Waals surface area contributed by atoms with Crippen molar-refractivity contribution in [2.75, 3.05) is 0 Å². The van der Waals surface area contributed by atoms with Gasteiger partial charge in [-0.15, -0.1) is 0 Å². The molecule has 2 saturated heterocycles. The Balaban J connectivity index is 1.30. The molecule has 5 heteroatoms. The summed E-state index contributed by atoms with van der Waals surface area (Å²) >= 11 is 0. The molecule has 2 heterocycles. The van der Waals surface area contributed by atoms with Crippen molar-refractivity contribution in [2.24, 2.45) is 52.3 Å². The molecule has 0 radical (unpaired) electrons. The van der Waals surface area contributed by atoms with Gasteiger partial charge in [0.05, 0.1) is 11.3 Å². The van der Waals surface area contributed by atoms with Crippen LogP contribution >= 0.6 is 0 Å². The summed E-state index contributed by atoms with van der Waals surface area (Å²) in [5, 5.41) is 0. The Kier molecular flexibility index (Phi) is 4.62. The number of fused-ring (bicyclic) bond motifs is 4. The number of cyclic esters (lactones) is 2. The standard InChI is InChI=1S/C28H36O5/c1-14-15(2)25(30)32-23(14)24-16(3)20-7-8-22-19-6-5-17-13-18(29)9-11-27(17,4)21(19)10-12-28(20,22)26(31)33-24/h9,11,13-16,19-24H,5-8,10,12H2,1-4H3/t14-,15-,16+,19-,20-,21+,22+,23?,24+,27+,28+/m1/s1. The molecule has 2 aliphatic heterocycles. The summed E-state index contributed by atoms with van der Waals surface area (Å²) in [6.45, 7) is 8.48. The Bertz CT molecular complexity index is 979. The molecular formula is C28H36O5. The van der Waals surface area contributed by atoms with Crippen LogP contribution in [0.4, 0.5) is 0 Å². The second kappa shape index (κ2) is 7.05. The molecule has 5 fully saturated rings. The molecule has 0 bridgehead atoms. The highest BCUT2D eigenvalue weighted by Gasteiger charge is 2.68. The van der Waals surface area contributed by atoms with Crippen LogP contribution < -0.4 is 0 Å². The fourth-order valence-electron chi connectivity index (χ4n) is 9.20. The Labute approximate surface area is 196 Å². The minimum absolute atomic E-state index is 0.0276. The quantitative estimate of drug-likeness (QED) is 0.542. The molecule has 0 amide bonds. The van der Waals surface area contributed by atoms with E-state index >= 15 is 0 Å². The minimum Gasteiger partial charge on any atom is -0.458 e. The van der Waals surface area contributed by atoms with Crippen LogP contribution in [0.15, 0.2) is 23.8 Å². The largest absolute Gasteiger partial charge is 0.458 e. The van der Waals surface area contributed by atoms with Crippen molar-refractivity contribution in [1.29, 1.82) is 0 Å². The molecule has 0 N–H and O–H groups in total. The first-order chi connectivity index (χ1) is 15.7. The van der Waals surface area contributed by atoms with Gasteiger partial charge in [-0.2, -0.15) is 0 Å². The molecule has 11 atom stereocenters. The number of ether oxygens (including phenoxy) is 2. The summed E-state index contributed by atoms with van der Waals surface area (Å²) in [4.78, 5) is 38.1. The molecule has 5 nitrogen and oxygen atoms in total. The van der Waals surface area contributed by atoms with E-state index in [1.807, 2.05) is 19.9 Å². The van der Waals surface area contributed by atoms with Crippen LogP contribution in [0.1, 0.15) is 66.2 Å². The number of carbonyl (C=O) groups is 3. The minimum atomic E-state index is -0.389. The number of rotatable bonds is 1. The number of carbonyl (C=O) groups excluding carboxylic acids is 3. The van der Waals surface area contributed by atoms with Gasteiger partial charge in [0.25, 0.3) is 0 Å². The van der Waals surface area contributed by atoms with Gasteiger partial charge in [-0.05, 0) is 74.3 Å². The Morgan fingerprint density at radius 3 is 2.33 bits per heavy atom. The van der Waals surface area contributed by atoms with Crippen molar-refractivity contribution in [3.8, 4) is 0 Å². The average Bonchev–Trinajstić information content (AvgIpc) is 3.31. The van der Waals surface area contributed by atoms with Crippen molar-refractivity contribution in [3.63, 3.8) is 0 Å². The highest BCUT2D eigenvalue weighted by Crippen LogP contribution is 2.69. The third-order valence-corrected chi connectivity index (χ3v) is 11.2. The number of hydrogen-bond donors (Lipinski definition) is 0. The first-order valence-corrected chi connectivity index (χ1v) is 13.0. The zero-order chi connectivity index (χ0) is 23.3. The van der Waals surface area contributed by atoms with Crippen molar-refractivity contribution in [3.05, 3.63) is 23.8 Å². The molecule has 1 spiro atoms. The van der Waals surface area contributed by atoms with Crippen LogP contribution in [0.2, 0.25) is 0 Å². The summed E-state index contributed by atoms with van der Waals surface area (Å²) in [6, 6.07) is 0. The molecule has 3 saturated carbocycles. The van der Waals surface area contributed by atoms with Gasteiger partial charge < -0.3 is 9.47 Å². The van der Waals surface area contributed by atoms with Gasteiger partial charge in [-0.25, -0.2) is 0 Å². The molecule has 6 aliphatic rings. The lowest BCUT2D eigenvalue weighted by molar-refractivity contribution is -0.211. The first kappa shape index (κ1) is 21.6. The predicted molar refractivity (Wildman–Crippen MR) is 122 cm³/mol. The molecule has 33 heavy (non-hydrogen) atoms. The highest BCUT2D eigenvalue weighted by atomic mass is 16.6. The molecule has 0 aromatic heterocycles. The third-order valence-electron chi connectivity index (χ3n) is 11.2. The number of esters is 2. The maximum absolute atomic E-state index is 13.9. The topological polar surface area (TPSA) is 69.7 Å². The van der Waals surface area contributed by atoms with Crippen LogP contribution in [-0.2, 0) is 23.9 Å². The summed E-state index contributed by atoms with van der Waals surface area (Å²) in [7, 11) is 0. The van der Waals surface area contributed by atoms with Crippen LogP contribution in [0.3, 0.4) is 0 Å². The summed E-state index contributed by atoms with van der Waals surface area (Å²) in [5.74, 6) is 1.64. The monoisotopic (exact) mass is 452 g/mol. The van der Waals surface area contributed by atoms with E-state index in [2.05, 4.69) is 19.9 Å².